The number of nitrogens with zero attached hydrogens (tertiary/aromatic N) is 1. The van der Waals surface area contributed by atoms with Crippen LogP contribution in [0.25, 0.3) is 0 Å². The first kappa shape index (κ1) is 17.6. The van der Waals surface area contributed by atoms with Gasteiger partial charge in [0.2, 0.25) is 15.9 Å². The molecule has 2 aromatic heterocycles. The molecule has 5 nitrogen and oxygen atoms in total. The molecule has 0 unspecified atom stereocenters. The zero-order chi connectivity index (χ0) is 17.2. The highest BCUT2D eigenvalue weighted by Crippen LogP contribution is 2.29. The summed E-state index contributed by atoms with van der Waals surface area (Å²) in [5.74, 6) is -0.128. The van der Waals surface area contributed by atoms with Crippen molar-refractivity contribution in [1.29, 1.82) is 0 Å². The Kier molecular flexibility index (Phi) is 5.39. The second-order valence-corrected chi connectivity index (χ2v) is 9.69. The van der Waals surface area contributed by atoms with Crippen molar-refractivity contribution in [3.8, 4) is 0 Å². The van der Waals surface area contributed by atoms with E-state index in [0.717, 1.165) is 10.4 Å². The molecule has 0 bridgehead atoms. The molecule has 0 spiro atoms. The summed E-state index contributed by atoms with van der Waals surface area (Å²) in [6.45, 7) is 0.831. The Bertz CT molecular complexity index is 727. The van der Waals surface area contributed by atoms with Gasteiger partial charge in [-0.25, -0.2) is 12.7 Å². The number of rotatable bonds is 5. The lowest BCUT2D eigenvalue weighted by molar-refractivity contribution is -0.126. The molecular formula is C16H20N2O3S3. The first-order chi connectivity index (χ1) is 11.4. The zero-order valence-electron chi connectivity index (χ0n) is 13.3. The first-order valence-corrected chi connectivity index (χ1v) is 11.4. The van der Waals surface area contributed by atoms with Crippen LogP contribution in [0.2, 0.25) is 0 Å². The Labute approximate surface area is 150 Å². The summed E-state index contributed by atoms with van der Waals surface area (Å²) in [4.78, 5) is 13.8. The van der Waals surface area contributed by atoms with E-state index in [2.05, 4.69) is 10.7 Å². The molecule has 0 aromatic carbocycles. The lowest BCUT2D eigenvalue weighted by Crippen LogP contribution is -2.43. The van der Waals surface area contributed by atoms with Gasteiger partial charge < -0.3 is 5.32 Å². The van der Waals surface area contributed by atoms with Crippen LogP contribution >= 0.6 is 22.7 Å². The van der Waals surface area contributed by atoms with Crippen molar-refractivity contribution in [3.05, 3.63) is 44.8 Å². The number of nitrogens with one attached hydrogen (secondary N) is 1. The predicted octanol–water partition coefficient (Wildman–Crippen LogP) is 2.69. The lowest BCUT2D eigenvalue weighted by atomic mass is 9.96. The van der Waals surface area contributed by atoms with E-state index in [9.17, 15) is 13.2 Å². The van der Waals surface area contributed by atoms with Crippen molar-refractivity contribution in [2.75, 3.05) is 19.3 Å². The van der Waals surface area contributed by atoms with E-state index in [1.54, 1.807) is 22.7 Å². The Hall–Kier alpha value is -1.22. The molecule has 1 aliphatic rings. The number of amides is 1. The smallest absolute Gasteiger partial charge is 0.223 e. The van der Waals surface area contributed by atoms with Crippen LogP contribution in [0.3, 0.4) is 0 Å². The first-order valence-electron chi connectivity index (χ1n) is 7.76. The van der Waals surface area contributed by atoms with Crippen molar-refractivity contribution in [2.24, 2.45) is 5.92 Å². The average Bonchev–Trinajstić information content (AvgIpc) is 3.25. The van der Waals surface area contributed by atoms with E-state index < -0.39 is 10.0 Å². The minimum atomic E-state index is -3.16. The number of hydrogen-bond acceptors (Lipinski definition) is 5. The summed E-state index contributed by atoms with van der Waals surface area (Å²) in [6, 6.07) is 5.91. The molecule has 24 heavy (non-hydrogen) atoms. The highest BCUT2D eigenvalue weighted by Gasteiger charge is 2.30. The summed E-state index contributed by atoms with van der Waals surface area (Å²) >= 11 is 3.23. The molecule has 3 rings (SSSR count). The molecule has 1 N–H and O–H groups in total. The van der Waals surface area contributed by atoms with Gasteiger partial charge in [-0.15, -0.1) is 11.3 Å². The van der Waals surface area contributed by atoms with Gasteiger partial charge in [-0.2, -0.15) is 11.3 Å². The lowest BCUT2D eigenvalue weighted by Gasteiger charge is -2.30. The van der Waals surface area contributed by atoms with Gasteiger partial charge in [0.05, 0.1) is 12.3 Å². The molecule has 1 fully saturated rings. The van der Waals surface area contributed by atoms with Crippen LogP contribution in [0, 0.1) is 5.92 Å². The van der Waals surface area contributed by atoms with Crippen molar-refractivity contribution < 1.29 is 13.2 Å². The van der Waals surface area contributed by atoms with Crippen LogP contribution in [0.5, 0.6) is 0 Å². The van der Waals surface area contributed by atoms with Crippen LogP contribution < -0.4 is 5.32 Å². The highest BCUT2D eigenvalue weighted by atomic mass is 32.2. The fourth-order valence-corrected chi connectivity index (χ4v) is 5.29. The number of carbonyl (C=O) groups is 1. The molecule has 0 radical (unpaired) electrons. The maximum atomic E-state index is 12.7. The Balaban J connectivity index is 1.67. The molecule has 1 atom stereocenters. The van der Waals surface area contributed by atoms with Crippen molar-refractivity contribution in [1.82, 2.24) is 9.62 Å². The van der Waals surface area contributed by atoms with Gasteiger partial charge >= 0.3 is 0 Å². The topological polar surface area (TPSA) is 66.5 Å². The summed E-state index contributed by atoms with van der Waals surface area (Å²) in [6.07, 6.45) is 2.36. The maximum Gasteiger partial charge on any atom is 0.223 e. The number of sulfonamides is 1. The molecule has 0 aliphatic carbocycles. The molecule has 1 aliphatic heterocycles. The minimum absolute atomic E-state index is 0.00718. The predicted molar refractivity (Wildman–Crippen MR) is 97.8 cm³/mol. The zero-order valence-corrected chi connectivity index (χ0v) is 15.8. The number of carbonyl (C=O) groups excluding carboxylic acids is 1. The molecule has 2 aromatic rings. The van der Waals surface area contributed by atoms with Gasteiger partial charge in [0.15, 0.2) is 0 Å². The Morgan fingerprint density at radius 1 is 1.29 bits per heavy atom. The largest absolute Gasteiger partial charge is 0.344 e. The van der Waals surface area contributed by atoms with Crippen LogP contribution in [-0.2, 0) is 14.8 Å². The molecule has 130 valence electrons. The van der Waals surface area contributed by atoms with Crippen molar-refractivity contribution in [2.45, 2.75) is 18.9 Å². The molecule has 0 saturated carbocycles. The van der Waals surface area contributed by atoms with E-state index >= 15 is 0 Å². The van der Waals surface area contributed by atoms with E-state index in [1.807, 2.05) is 29.0 Å². The molecule has 8 heteroatoms. The van der Waals surface area contributed by atoms with Gasteiger partial charge in [-0.05, 0) is 46.7 Å². The van der Waals surface area contributed by atoms with Gasteiger partial charge in [0.25, 0.3) is 0 Å². The van der Waals surface area contributed by atoms with E-state index in [0.29, 0.717) is 25.9 Å². The van der Waals surface area contributed by atoms with E-state index in [-0.39, 0.29) is 17.9 Å². The van der Waals surface area contributed by atoms with Gasteiger partial charge in [-0.1, -0.05) is 6.07 Å². The normalized spacial score (nSPS) is 18.4. The standard InChI is InChI=1S/C16H20N2O3S3/c1-24(20,21)18-7-4-12(5-8-18)16(19)17-15(13-6-10-22-11-13)14-3-2-9-23-14/h2-3,6,9-12,15H,4-5,7-8H2,1H3,(H,17,19)/t15-/m0/s1. The van der Waals surface area contributed by atoms with E-state index in [1.165, 1.54) is 10.6 Å². The summed E-state index contributed by atoms with van der Waals surface area (Å²) in [7, 11) is -3.16. The third-order valence-electron chi connectivity index (χ3n) is 4.28. The van der Waals surface area contributed by atoms with E-state index in [4.69, 9.17) is 0 Å². The monoisotopic (exact) mass is 384 g/mol. The van der Waals surface area contributed by atoms with Crippen LogP contribution in [0.15, 0.2) is 34.3 Å². The minimum Gasteiger partial charge on any atom is -0.344 e. The van der Waals surface area contributed by atoms with Crippen LogP contribution in [0.4, 0.5) is 0 Å². The summed E-state index contributed by atoms with van der Waals surface area (Å²) < 4.78 is 24.6. The van der Waals surface area contributed by atoms with Gasteiger partial charge in [-0.3, -0.25) is 4.79 Å². The van der Waals surface area contributed by atoms with Crippen LogP contribution in [-0.4, -0.2) is 38.0 Å². The molecule has 1 amide bonds. The summed E-state index contributed by atoms with van der Waals surface area (Å²) in [5, 5.41) is 9.22. The van der Waals surface area contributed by atoms with Gasteiger partial charge in [0.1, 0.15) is 0 Å². The summed E-state index contributed by atoms with van der Waals surface area (Å²) in [5.41, 5.74) is 1.09. The Morgan fingerprint density at radius 3 is 2.58 bits per heavy atom. The number of thiophene rings is 2. The molecule has 1 saturated heterocycles. The maximum absolute atomic E-state index is 12.7. The number of hydrogen-bond donors (Lipinski definition) is 1. The van der Waals surface area contributed by atoms with Crippen molar-refractivity contribution >= 4 is 38.6 Å². The highest BCUT2D eigenvalue weighted by molar-refractivity contribution is 7.88. The van der Waals surface area contributed by atoms with Gasteiger partial charge in [0, 0.05) is 23.9 Å². The number of piperidine rings is 1. The van der Waals surface area contributed by atoms with Crippen molar-refractivity contribution in [3.63, 3.8) is 0 Å². The third kappa shape index (κ3) is 4.05. The molecule has 3 heterocycles. The third-order valence-corrected chi connectivity index (χ3v) is 7.23. The Morgan fingerprint density at radius 2 is 2.04 bits per heavy atom. The molecular weight excluding hydrogens is 364 g/mol. The second kappa shape index (κ2) is 7.35. The fourth-order valence-electron chi connectivity index (χ4n) is 2.92. The average molecular weight is 385 g/mol. The quantitative estimate of drug-likeness (QED) is 0.862. The fraction of sp³-hybridized carbons (Fsp3) is 0.438. The second-order valence-electron chi connectivity index (χ2n) is 5.95. The SMILES string of the molecule is CS(=O)(=O)N1CCC(C(=O)N[C@@H](c2ccsc2)c2cccs2)CC1. The van der Waals surface area contributed by atoms with Crippen LogP contribution in [0.1, 0.15) is 29.3 Å².